The monoisotopic (exact) mass is 185 g/mol. The average Bonchev–Trinajstić information content (AvgIpc) is 2.27. The van der Waals surface area contributed by atoms with E-state index in [2.05, 4.69) is 6.07 Å². The van der Waals surface area contributed by atoms with Gasteiger partial charge in [-0.2, -0.15) is 5.26 Å². The van der Waals surface area contributed by atoms with E-state index in [0.29, 0.717) is 12.0 Å². The predicted molar refractivity (Wildman–Crippen MR) is 54.3 cm³/mol. The van der Waals surface area contributed by atoms with Crippen molar-refractivity contribution in [2.24, 2.45) is 0 Å². The number of carbonyl (C=O) groups excluding carboxylic acids is 1. The van der Waals surface area contributed by atoms with Gasteiger partial charge in [-0.25, -0.2) is 4.79 Å². The van der Waals surface area contributed by atoms with Gasteiger partial charge in [0, 0.05) is 5.57 Å². The van der Waals surface area contributed by atoms with Crippen molar-refractivity contribution in [2.75, 3.05) is 0 Å². The quantitative estimate of drug-likeness (QED) is 0.679. The molecule has 0 saturated carbocycles. The van der Waals surface area contributed by atoms with Crippen LogP contribution in [0.15, 0.2) is 35.9 Å². The molecule has 1 unspecified atom stereocenters. The summed E-state index contributed by atoms with van der Waals surface area (Å²) in [6, 6.07) is 11.4. The molecule has 0 heterocycles. The standard InChI is InChI=1S/C12H11NO/c1-2-10(9-14)12(8-13)11-6-4-3-5-7-11/h3-7,12H,2H2,1H3. The summed E-state index contributed by atoms with van der Waals surface area (Å²) >= 11 is 0. The second kappa shape index (κ2) is 5.01. The number of nitriles is 1. The van der Waals surface area contributed by atoms with E-state index in [-0.39, 0.29) is 0 Å². The van der Waals surface area contributed by atoms with Crippen molar-refractivity contribution < 1.29 is 4.79 Å². The lowest BCUT2D eigenvalue weighted by atomic mass is 9.92. The van der Waals surface area contributed by atoms with Crippen molar-refractivity contribution in [3.63, 3.8) is 0 Å². The second-order valence-electron chi connectivity index (χ2n) is 2.95. The third kappa shape index (κ3) is 2.10. The number of nitrogens with zero attached hydrogens (tertiary/aromatic N) is 1. The summed E-state index contributed by atoms with van der Waals surface area (Å²) in [6.07, 6.45) is 0.566. The van der Waals surface area contributed by atoms with Crippen LogP contribution in [0.1, 0.15) is 24.8 Å². The Labute approximate surface area is 83.5 Å². The zero-order chi connectivity index (χ0) is 10.4. The first-order chi connectivity index (χ1) is 6.83. The summed E-state index contributed by atoms with van der Waals surface area (Å²) in [4.78, 5) is 10.6. The van der Waals surface area contributed by atoms with Crippen molar-refractivity contribution in [3.8, 4) is 6.07 Å². The highest BCUT2D eigenvalue weighted by molar-refractivity contribution is 5.58. The number of hydrogen-bond donors (Lipinski definition) is 0. The minimum atomic E-state index is -0.446. The molecule has 0 aliphatic rings. The van der Waals surface area contributed by atoms with Crippen molar-refractivity contribution in [2.45, 2.75) is 19.3 Å². The number of hydrogen-bond acceptors (Lipinski definition) is 2. The lowest BCUT2D eigenvalue weighted by Gasteiger charge is -2.08. The van der Waals surface area contributed by atoms with Crippen molar-refractivity contribution in [1.29, 1.82) is 5.26 Å². The molecular weight excluding hydrogens is 174 g/mol. The number of allylic oxidation sites excluding steroid dienone is 1. The molecule has 2 nitrogen and oxygen atoms in total. The third-order valence-corrected chi connectivity index (χ3v) is 2.12. The number of benzene rings is 1. The minimum Gasteiger partial charge on any atom is -0.233 e. The Morgan fingerprint density at radius 3 is 2.50 bits per heavy atom. The summed E-state index contributed by atoms with van der Waals surface area (Å²) in [5.74, 6) is 1.40. The molecule has 1 aromatic carbocycles. The van der Waals surface area contributed by atoms with E-state index in [1.165, 1.54) is 0 Å². The van der Waals surface area contributed by atoms with Crippen LogP contribution in [-0.4, -0.2) is 5.94 Å². The summed E-state index contributed by atoms with van der Waals surface area (Å²) in [5, 5.41) is 8.96. The molecule has 0 fully saturated rings. The van der Waals surface area contributed by atoms with Crippen LogP contribution in [0, 0.1) is 11.3 Å². The van der Waals surface area contributed by atoms with Crippen LogP contribution in [0.2, 0.25) is 0 Å². The largest absolute Gasteiger partial charge is 0.233 e. The maximum absolute atomic E-state index is 10.6. The molecule has 0 aliphatic carbocycles. The van der Waals surface area contributed by atoms with Crippen molar-refractivity contribution >= 4 is 5.94 Å². The summed E-state index contributed by atoms with van der Waals surface area (Å²) in [7, 11) is 0. The maximum Gasteiger partial charge on any atom is 0.125 e. The molecule has 0 aromatic heterocycles. The molecule has 2 heteroatoms. The Morgan fingerprint density at radius 1 is 1.43 bits per heavy atom. The average molecular weight is 185 g/mol. The zero-order valence-electron chi connectivity index (χ0n) is 8.03. The van der Waals surface area contributed by atoms with E-state index in [0.717, 1.165) is 5.56 Å². The highest BCUT2D eigenvalue weighted by Crippen LogP contribution is 2.23. The molecular formula is C12H11NO. The van der Waals surface area contributed by atoms with Crippen LogP contribution in [0.5, 0.6) is 0 Å². The fraction of sp³-hybridized carbons (Fsp3) is 0.250. The van der Waals surface area contributed by atoms with Crippen molar-refractivity contribution in [1.82, 2.24) is 0 Å². The van der Waals surface area contributed by atoms with Crippen LogP contribution in [0.25, 0.3) is 0 Å². The van der Waals surface area contributed by atoms with E-state index in [9.17, 15) is 4.79 Å². The molecule has 0 spiro atoms. The Morgan fingerprint density at radius 2 is 2.07 bits per heavy atom. The second-order valence-corrected chi connectivity index (χ2v) is 2.95. The Kier molecular flexibility index (Phi) is 3.67. The lowest BCUT2D eigenvalue weighted by Crippen LogP contribution is -1.99. The Balaban J connectivity index is 3.07. The Hall–Kier alpha value is -1.84. The first-order valence-corrected chi connectivity index (χ1v) is 4.52. The lowest BCUT2D eigenvalue weighted by molar-refractivity contribution is 0.565. The highest BCUT2D eigenvalue weighted by atomic mass is 16.1. The van der Waals surface area contributed by atoms with E-state index in [4.69, 9.17) is 5.26 Å². The molecule has 0 saturated heterocycles. The summed E-state index contributed by atoms with van der Waals surface area (Å²) < 4.78 is 0. The van der Waals surface area contributed by atoms with Gasteiger partial charge in [0.2, 0.25) is 0 Å². The fourth-order valence-electron chi connectivity index (χ4n) is 1.33. The molecule has 14 heavy (non-hydrogen) atoms. The van der Waals surface area contributed by atoms with Crippen molar-refractivity contribution in [3.05, 3.63) is 41.5 Å². The van der Waals surface area contributed by atoms with Crippen LogP contribution in [0.3, 0.4) is 0 Å². The first kappa shape index (κ1) is 10.2. The molecule has 1 aromatic rings. The molecule has 1 rings (SSSR count). The van der Waals surface area contributed by atoms with Gasteiger partial charge in [-0.1, -0.05) is 37.3 Å². The topological polar surface area (TPSA) is 40.9 Å². The van der Waals surface area contributed by atoms with E-state index in [1.807, 2.05) is 43.2 Å². The van der Waals surface area contributed by atoms with E-state index >= 15 is 0 Å². The van der Waals surface area contributed by atoms with Gasteiger partial charge in [0.15, 0.2) is 0 Å². The Bertz CT molecular complexity index is 383. The van der Waals surface area contributed by atoms with Gasteiger partial charge in [0.1, 0.15) is 11.9 Å². The number of rotatable bonds is 3. The van der Waals surface area contributed by atoms with Gasteiger partial charge in [0.05, 0.1) is 6.07 Å². The SMILES string of the molecule is CCC(=C=O)C(C#N)c1ccccc1. The third-order valence-electron chi connectivity index (χ3n) is 2.12. The maximum atomic E-state index is 10.6. The summed E-state index contributed by atoms with van der Waals surface area (Å²) in [5.41, 5.74) is 1.37. The van der Waals surface area contributed by atoms with Crippen LogP contribution in [0.4, 0.5) is 0 Å². The molecule has 0 radical (unpaired) electrons. The smallest absolute Gasteiger partial charge is 0.125 e. The van der Waals surface area contributed by atoms with Gasteiger partial charge >= 0.3 is 0 Å². The zero-order valence-corrected chi connectivity index (χ0v) is 8.03. The summed E-state index contributed by atoms with van der Waals surface area (Å²) in [6.45, 7) is 1.85. The van der Waals surface area contributed by atoms with Gasteiger partial charge in [-0.3, -0.25) is 0 Å². The van der Waals surface area contributed by atoms with E-state index in [1.54, 1.807) is 0 Å². The molecule has 0 aliphatic heterocycles. The van der Waals surface area contributed by atoms with Gasteiger partial charge in [-0.05, 0) is 12.0 Å². The van der Waals surface area contributed by atoms with Gasteiger partial charge in [-0.15, -0.1) is 0 Å². The molecule has 0 amide bonds. The predicted octanol–water partition coefficient (Wildman–Crippen LogP) is 2.46. The normalized spacial score (nSPS) is 11.1. The highest BCUT2D eigenvalue weighted by Gasteiger charge is 2.14. The molecule has 0 N–H and O–H groups in total. The van der Waals surface area contributed by atoms with Crippen LogP contribution in [-0.2, 0) is 4.79 Å². The molecule has 0 bridgehead atoms. The fourth-order valence-corrected chi connectivity index (χ4v) is 1.33. The van der Waals surface area contributed by atoms with Gasteiger partial charge < -0.3 is 0 Å². The first-order valence-electron chi connectivity index (χ1n) is 4.52. The molecule has 70 valence electrons. The molecule has 1 atom stereocenters. The van der Waals surface area contributed by atoms with Crippen LogP contribution < -0.4 is 0 Å². The minimum absolute atomic E-state index is 0.446. The van der Waals surface area contributed by atoms with Crippen LogP contribution >= 0.6 is 0 Å². The van der Waals surface area contributed by atoms with Gasteiger partial charge in [0.25, 0.3) is 0 Å². The van der Waals surface area contributed by atoms with E-state index < -0.39 is 5.92 Å².